The number of likely N-dealkylation sites (tertiary alicyclic amines) is 2. The lowest BCUT2D eigenvalue weighted by Crippen LogP contribution is -2.45. The van der Waals surface area contributed by atoms with Crippen LogP contribution >= 0.6 is 0 Å². The summed E-state index contributed by atoms with van der Waals surface area (Å²) < 4.78 is 0. The Bertz CT molecular complexity index is 823. The summed E-state index contributed by atoms with van der Waals surface area (Å²) in [5.41, 5.74) is 3.00. The van der Waals surface area contributed by atoms with Crippen LogP contribution in [0.15, 0.2) is 54.6 Å². The fraction of sp³-hybridized carbons (Fsp3) is 0.391. The third kappa shape index (κ3) is 4.19. The minimum atomic E-state index is -0.0858. The minimum absolute atomic E-state index is 0.0727. The van der Waals surface area contributed by atoms with Crippen molar-refractivity contribution in [3.8, 4) is 11.1 Å². The fourth-order valence-corrected chi connectivity index (χ4v) is 4.13. The van der Waals surface area contributed by atoms with Crippen LogP contribution in [0.1, 0.15) is 25.7 Å². The van der Waals surface area contributed by atoms with Gasteiger partial charge in [0.25, 0.3) is 0 Å². The monoisotopic (exact) mass is 377 g/mol. The van der Waals surface area contributed by atoms with E-state index in [4.69, 9.17) is 0 Å². The maximum atomic E-state index is 12.7. The van der Waals surface area contributed by atoms with Gasteiger partial charge in [0.1, 0.15) is 0 Å². The summed E-state index contributed by atoms with van der Waals surface area (Å²) in [6.45, 7) is 3.07. The molecule has 146 valence electrons. The van der Waals surface area contributed by atoms with E-state index < -0.39 is 0 Å². The van der Waals surface area contributed by atoms with Crippen LogP contribution in [0.2, 0.25) is 0 Å². The number of carbonyl (C=O) groups is 2. The topological polar surface area (TPSA) is 52.7 Å². The zero-order chi connectivity index (χ0) is 19.3. The number of rotatable bonds is 3. The average Bonchev–Trinajstić information content (AvgIpc) is 3.29. The van der Waals surface area contributed by atoms with E-state index in [9.17, 15) is 9.59 Å². The van der Waals surface area contributed by atoms with Crippen LogP contribution in [0, 0.1) is 5.92 Å². The van der Waals surface area contributed by atoms with E-state index in [1.165, 1.54) is 0 Å². The van der Waals surface area contributed by atoms with Gasteiger partial charge in [0.15, 0.2) is 0 Å². The molecule has 0 saturated carbocycles. The molecule has 0 bridgehead atoms. The summed E-state index contributed by atoms with van der Waals surface area (Å²) >= 11 is 0. The number of benzene rings is 2. The standard InChI is InChI=1S/C23H27N3O2/c27-22(25-13-4-5-14-25)19-11-15-26(16-12-19)23(28)24-21-10-6-9-20(17-21)18-7-2-1-3-8-18/h1-3,6-10,17,19H,4-5,11-16H2,(H,24,28). The minimum Gasteiger partial charge on any atom is -0.342 e. The highest BCUT2D eigenvalue weighted by molar-refractivity contribution is 5.90. The van der Waals surface area contributed by atoms with Gasteiger partial charge in [0, 0.05) is 37.8 Å². The highest BCUT2D eigenvalue weighted by atomic mass is 16.2. The van der Waals surface area contributed by atoms with E-state index in [0.717, 1.165) is 55.6 Å². The van der Waals surface area contributed by atoms with Crippen molar-refractivity contribution in [1.82, 2.24) is 9.80 Å². The molecule has 4 rings (SSSR count). The van der Waals surface area contributed by atoms with E-state index >= 15 is 0 Å². The SMILES string of the molecule is O=C(Nc1cccc(-c2ccccc2)c1)N1CCC(C(=O)N2CCCC2)CC1. The Kier molecular flexibility index (Phi) is 5.60. The number of anilines is 1. The van der Waals surface area contributed by atoms with Crippen molar-refractivity contribution in [2.45, 2.75) is 25.7 Å². The van der Waals surface area contributed by atoms with Crippen molar-refractivity contribution in [2.24, 2.45) is 5.92 Å². The maximum absolute atomic E-state index is 12.7. The van der Waals surface area contributed by atoms with Gasteiger partial charge in [-0.1, -0.05) is 42.5 Å². The largest absolute Gasteiger partial charge is 0.342 e. The molecule has 2 aromatic rings. The van der Waals surface area contributed by atoms with Gasteiger partial charge in [0.2, 0.25) is 5.91 Å². The van der Waals surface area contributed by atoms with Crippen molar-refractivity contribution >= 4 is 17.6 Å². The van der Waals surface area contributed by atoms with Crippen molar-refractivity contribution in [3.63, 3.8) is 0 Å². The van der Waals surface area contributed by atoms with E-state index in [2.05, 4.69) is 17.4 Å². The molecule has 28 heavy (non-hydrogen) atoms. The molecule has 0 spiro atoms. The van der Waals surface area contributed by atoms with Crippen molar-refractivity contribution in [2.75, 3.05) is 31.5 Å². The Hall–Kier alpha value is -2.82. The second-order valence-corrected chi connectivity index (χ2v) is 7.67. The highest BCUT2D eigenvalue weighted by Crippen LogP contribution is 2.24. The van der Waals surface area contributed by atoms with Gasteiger partial charge < -0.3 is 15.1 Å². The van der Waals surface area contributed by atoms with Gasteiger partial charge in [-0.3, -0.25) is 4.79 Å². The summed E-state index contributed by atoms with van der Waals surface area (Å²) in [5.74, 6) is 0.358. The quantitative estimate of drug-likeness (QED) is 0.871. The van der Waals surface area contributed by atoms with Gasteiger partial charge in [-0.25, -0.2) is 4.79 Å². The average molecular weight is 377 g/mol. The first-order valence-electron chi connectivity index (χ1n) is 10.2. The second kappa shape index (κ2) is 8.46. The molecule has 2 saturated heterocycles. The van der Waals surface area contributed by atoms with Gasteiger partial charge >= 0.3 is 6.03 Å². The van der Waals surface area contributed by atoms with Gasteiger partial charge in [-0.2, -0.15) is 0 Å². The Balaban J connectivity index is 1.33. The molecule has 2 aliphatic heterocycles. The first kappa shape index (κ1) is 18.5. The molecule has 0 atom stereocenters. The Morgan fingerprint density at radius 3 is 2.18 bits per heavy atom. The third-order valence-electron chi connectivity index (χ3n) is 5.77. The van der Waals surface area contributed by atoms with Crippen LogP contribution in [-0.2, 0) is 4.79 Å². The predicted octanol–water partition coefficient (Wildman–Crippen LogP) is 4.22. The molecule has 1 N–H and O–H groups in total. The number of hydrogen-bond acceptors (Lipinski definition) is 2. The zero-order valence-corrected chi connectivity index (χ0v) is 16.1. The van der Waals surface area contributed by atoms with E-state index in [1.807, 2.05) is 52.3 Å². The molecule has 5 nitrogen and oxygen atoms in total. The summed E-state index contributed by atoms with van der Waals surface area (Å²) in [7, 11) is 0. The molecule has 2 fully saturated rings. The summed E-state index contributed by atoms with van der Waals surface area (Å²) in [6, 6.07) is 17.9. The highest BCUT2D eigenvalue weighted by Gasteiger charge is 2.31. The number of nitrogens with zero attached hydrogens (tertiary/aromatic N) is 2. The van der Waals surface area contributed by atoms with Crippen LogP contribution < -0.4 is 5.32 Å². The lowest BCUT2D eigenvalue weighted by Gasteiger charge is -2.33. The molecule has 2 heterocycles. The number of hydrogen-bond donors (Lipinski definition) is 1. The zero-order valence-electron chi connectivity index (χ0n) is 16.1. The molecule has 0 aromatic heterocycles. The molecule has 0 aliphatic carbocycles. The van der Waals surface area contributed by atoms with Gasteiger partial charge in [0.05, 0.1) is 0 Å². The molecule has 2 aromatic carbocycles. The van der Waals surface area contributed by atoms with Gasteiger partial charge in [-0.05, 0) is 48.9 Å². The molecule has 3 amide bonds. The van der Waals surface area contributed by atoms with Crippen molar-refractivity contribution in [3.05, 3.63) is 54.6 Å². The van der Waals surface area contributed by atoms with Gasteiger partial charge in [-0.15, -0.1) is 0 Å². The van der Waals surface area contributed by atoms with Crippen LogP contribution in [-0.4, -0.2) is 47.9 Å². The van der Waals surface area contributed by atoms with E-state index in [0.29, 0.717) is 13.1 Å². The Labute approximate surface area is 166 Å². The van der Waals surface area contributed by atoms with E-state index in [1.54, 1.807) is 0 Å². The normalized spacial score (nSPS) is 17.6. The summed E-state index contributed by atoms with van der Waals surface area (Å²) in [4.78, 5) is 29.0. The molecular formula is C23H27N3O2. The second-order valence-electron chi connectivity index (χ2n) is 7.67. The lowest BCUT2D eigenvalue weighted by atomic mass is 9.95. The molecule has 5 heteroatoms. The van der Waals surface area contributed by atoms with Crippen LogP contribution in [0.4, 0.5) is 10.5 Å². The maximum Gasteiger partial charge on any atom is 0.321 e. The number of carbonyl (C=O) groups excluding carboxylic acids is 2. The first-order chi connectivity index (χ1) is 13.7. The Morgan fingerprint density at radius 1 is 0.786 bits per heavy atom. The van der Waals surface area contributed by atoms with Crippen molar-refractivity contribution < 1.29 is 9.59 Å². The number of amides is 3. The molecule has 0 radical (unpaired) electrons. The van der Waals surface area contributed by atoms with Crippen molar-refractivity contribution in [1.29, 1.82) is 0 Å². The Morgan fingerprint density at radius 2 is 1.46 bits per heavy atom. The number of piperidine rings is 1. The van der Waals surface area contributed by atoms with Crippen LogP contribution in [0.25, 0.3) is 11.1 Å². The summed E-state index contributed by atoms with van der Waals surface area (Å²) in [5, 5.41) is 3.01. The third-order valence-corrected chi connectivity index (χ3v) is 5.77. The van der Waals surface area contributed by atoms with Crippen LogP contribution in [0.5, 0.6) is 0 Å². The molecular weight excluding hydrogens is 350 g/mol. The predicted molar refractivity (Wildman–Crippen MR) is 111 cm³/mol. The smallest absolute Gasteiger partial charge is 0.321 e. The van der Waals surface area contributed by atoms with E-state index in [-0.39, 0.29) is 17.9 Å². The fourth-order valence-electron chi connectivity index (χ4n) is 4.13. The lowest BCUT2D eigenvalue weighted by molar-refractivity contribution is -0.135. The molecule has 0 unspecified atom stereocenters. The number of urea groups is 1. The number of nitrogens with one attached hydrogen (secondary N) is 1. The molecule has 2 aliphatic rings. The van der Waals surface area contributed by atoms with Crippen LogP contribution in [0.3, 0.4) is 0 Å². The summed E-state index contributed by atoms with van der Waals surface area (Å²) in [6.07, 6.45) is 3.75. The first-order valence-corrected chi connectivity index (χ1v) is 10.2.